The van der Waals surface area contributed by atoms with E-state index in [0.29, 0.717) is 28.0 Å². The monoisotopic (exact) mass is 502 g/mol. The number of para-hydroxylation sites is 1. The number of anilines is 1. The second-order valence-electron chi connectivity index (χ2n) is 8.58. The highest BCUT2D eigenvalue weighted by Crippen LogP contribution is 2.32. The zero-order chi connectivity index (χ0) is 25.6. The SMILES string of the molecule is COC(=O)c1nc(Cl)ccc1N[C@H](C)c1cc(C)cc2c(=O)n(C)c(-c3coc4ccccc34)nc12. The van der Waals surface area contributed by atoms with Gasteiger partial charge in [0, 0.05) is 18.0 Å². The van der Waals surface area contributed by atoms with Gasteiger partial charge in [-0.1, -0.05) is 35.9 Å². The molecule has 0 aliphatic heterocycles. The molecule has 3 heterocycles. The van der Waals surface area contributed by atoms with Crippen LogP contribution >= 0.6 is 11.6 Å². The molecule has 1 N–H and O–H groups in total. The van der Waals surface area contributed by atoms with Crippen LogP contribution in [0, 0.1) is 6.92 Å². The van der Waals surface area contributed by atoms with Gasteiger partial charge in [-0.3, -0.25) is 9.36 Å². The van der Waals surface area contributed by atoms with E-state index in [1.807, 2.05) is 50.2 Å². The molecule has 0 saturated heterocycles. The lowest BCUT2D eigenvalue weighted by Crippen LogP contribution is -2.22. The van der Waals surface area contributed by atoms with E-state index < -0.39 is 5.97 Å². The number of nitrogens with zero attached hydrogens (tertiary/aromatic N) is 3. The number of carbonyl (C=O) groups excluding carboxylic acids is 1. The van der Waals surface area contributed by atoms with Crippen LogP contribution in [0.2, 0.25) is 5.15 Å². The number of benzene rings is 2. The first-order chi connectivity index (χ1) is 17.3. The number of hydrogen-bond donors (Lipinski definition) is 1. The summed E-state index contributed by atoms with van der Waals surface area (Å²) in [6, 6.07) is 14.4. The molecule has 182 valence electrons. The van der Waals surface area contributed by atoms with Crippen molar-refractivity contribution < 1.29 is 13.9 Å². The Balaban J connectivity index is 1.68. The first-order valence-corrected chi connectivity index (χ1v) is 11.7. The molecule has 0 aliphatic carbocycles. The minimum absolute atomic E-state index is 0.0724. The second kappa shape index (κ2) is 9.13. The van der Waals surface area contributed by atoms with Gasteiger partial charge in [-0.25, -0.2) is 14.8 Å². The van der Waals surface area contributed by atoms with Crippen LogP contribution in [0.5, 0.6) is 0 Å². The molecule has 8 nitrogen and oxygen atoms in total. The molecule has 36 heavy (non-hydrogen) atoms. The van der Waals surface area contributed by atoms with E-state index in [0.717, 1.165) is 22.1 Å². The Bertz CT molecular complexity index is 1710. The Morgan fingerprint density at radius 2 is 1.92 bits per heavy atom. The highest BCUT2D eigenvalue weighted by molar-refractivity contribution is 6.29. The van der Waals surface area contributed by atoms with Crippen molar-refractivity contribution in [3.63, 3.8) is 0 Å². The van der Waals surface area contributed by atoms with Crippen LogP contribution in [0.4, 0.5) is 5.69 Å². The smallest absolute Gasteiger partial charge is 0.358 e. The number of aromatic nitrogens is 3. The summed E-state index contributed by atoms with van der Waals surface area (Å²) in [6.07, 6.45) is 1.62. The van der Waals surface area contributed by atoms with E-state index in [1.165, 1.54) is 7.11 Å². The summed E-state index contributed by atoms with van der Waals surface area (Å²) in [5.41, 5.74) is 4.07. The highest BCUT2D eigenvalue weighted by atomic mass is 35.5. The Labute approximate surface area is 211 Å². The minimum atomic E-state index is -0.609. The van der Waals surface area contributed by atoms with Gasteiger partial charge in [0.1, 0.15) is 22.8 Å². The molecular formula is C27H23ClN4O4. The zero-order valence-corrected chi connectivity index (χ0v) is 20.9. The fourth-order valence-electron chi connectivity index (χ4n) is 4.39. The highest BCUT2D eigenvalue weighted by Gasteiger charge is 2.21. The Morgan fingerprint density at radius 3 is 2.69 bits per heavy atom. The fourth-order valence-corrected chi connectivity index (χ4v) is 4.54. The summed E-state index contributed by atoms with van der Waals surface area (Å²) in [5.74, 6) is -0.111. The minimum Gasteiger partial charge on any atom is -0.464 e. The third kappa shape index (κ3) is 3.99. The van der Waals surface area contributed by atoms with Crippen molar-refractivity contribution in [1.29, 1.82) is 0 Å². The van der Waals surface area contributed by atoms with Crippen LogP contribution in [0.25, 0.3) is 33.3 Å². The van der Waals surface area contributed by atoms with Gasteiger partial charge in [-0.2, -0.15) is 0 Å². The van der Waals surface area contributed by atoms with Gasteiger partial charge in [0.15, 0.2) is 5.69 Å². The van der Waals surface area contributed by atoms with Crippen LogP contribution < -0.4 is 10.9 Å². The maximum absolute atomic E-state index is 13.5. The van der Waals surface area contributed by atoms with Crippen molar-refractivity contribution in [2.75, 3.05) is 12.4 Å². The molecule has 0 unspecified atom stereocenters. The summed E-state index contributed by atoms with van der Waals surface area (Å²) in [4.78, 5) is 34.8. The number of rotatable bonds is 5. The summed E-state index contributed by atoms with van der Waals surface area (Å²) in [6.45, 7) is 3.85. The number of ether oxygens (including phenoxy) is 1. The van der Waals surface area contributed by atoms with E-state index in [-0.39, 0.29) is 22.4 Å². The molecule has 9 heteroatoms. The van der Waals surface area contributed by atoms with Crippen molar-refractivity contribution in [1.82, 2.24) is 14.5 Å². The third-order valence-corrected chi connectivity index (χ3v) is 6.37. The molecule has 0 radical (unpaired) electrons. The third-order valence-electron chi connectivity index (χ3n) is 6.15. The number of fused-ring (bicyclic) bond motifs is 2. The quantitative estimate of drug-likeness (QED) is 0.244. The van der Waals surface area contributed by atoms with Crippen molar-refractivity contribution in [2.45, 2.75) is 19.9 Å². The lowest BCUT2D eigenvalue weighted by Gasteiger charge is -2.20. The molecule has 0 aliphatic rings. The molecule has 0 bridgehead atoms. The van der Waals surface area contributed by atoms with Gasteiger partial charge < -0.3 is 14.5 Å². The molecule has 0 amide bonds. The average molecular weight is 503 g/mol. The molecule has 2 aromatic carbocycles. The molecule has 5 rings (SSSR count). The number of methoxy groups -OCH3 is 1. The standard InChI is InChI=1S/C27H23ClN4O4/c1-14-11-17(15(2)29-20-9-10-22(28)30-24(20)27(34)35-4)23-18(12-14)26(33)32(3)25(31-23)19-13-36-21-8-6-5-7-16(19)21/h5-13,15,29H,1-4H3/t15-/m1/s1. The summed E-state index contributed by atoms with van der Waals surface area (Å²) < 4.78 is 12.1. The first kappa shape index (κ1) is 23.6. The van der Waals surface area contributed by atoms with Gasteiger partial charge in [0.25, 0.3) is 5.56 Å². The Morgan fingerprint density at radius 1 is 1.14 bits per heavy atom. The maximum atomic E-state index is 13.5. The van der Waals surface area contributed by atoms with Gasteiger partial charge in [-0.15, -0.1) is 0 Å². The number of halogens is 1. The van der Waals surface area contributed by atoms with Crippen molar-refractivity contribution in [2.24, 2.45) is 7.05 Å². The largest absolute Gasteiger partial charge is 0.464 e. The summed E-state index contributed by atoms with van der Waals surface area (Å²) in [5, 5.41) is 4.86. The van der Waals surface area contributed by atoms with Gasteiger partial charge in [-0.05, 0) is 43.7 Å². The van der Waals surface area contributed by atoms with Gasteiger partial charge in [0.2, 0.25) is 0 Å². The van der Waals surface area contributed by atoms with Crippen LogP contribution in [0.15, 0.2) is 64.0 Å². The number of aryl methyl sites for hydroxylation is 1. The Hall–Kier alpha value is -4.17. The fraction of sp³-hybridized carbons (Fsp3) is 0.185. The topological polar surface area (TPSA) is 99.2 Å². The maximum Gasteiger partial charge on any atom is 0.358 e. The molecule has 0 saturated carbocycles. The predicted octanol–water partition coefficient (Wildman–Crippen LogP) is 5.66. The molecule has 0 fully saturated rings. The normalized spacial score (nSPS) is 12.1. The van der Waals surface area contributed by atoms with E-state index in [1.54, 1.807) is 30.0 Å². The average Bonchev–Trinajstić information content (AvgIpc) is 3.30. The van der Waals surface area contributed by atoms with Crippen molar-refractivity contribution in [3.05, 3.63) is 87.1 Å². The van der Waals surface area contributed by atoms with E-state index in [4.69, 9.17) is 25.7 Å². The number of esters is 1. The number of nitrogens with one attached hydrogen (secondary N) is 1. The van der Waals surface area contributed by atoms with Crippen LogP contribution in [0.3, 0.4) is 0 Å². The predicted molar refractivity (Wildman–Crippen MR) is 140 cm³/mol. The molecular weight excluding hydrogens is 480 g/mol. The van der Waals surface area contributed by atoms with Gasteiger partial charge >= 0.3 is 5.97 Å². The molecule has 1 atom stereocenters. The summed E-state index contributed by atoms with van der Waals surface area (Å²) >= 11 is 6.01. The van der Waals surface area contributed by atoms with E-state index >= 15 is 0 Å². The number of carbonyl (C=O) groups is 1. The van der Waals surface area contributed by atoms with Crippen molar-refractivity contribution in [3.8, 4) is 11.4 Å². The number of furan rings is 1. The molecule has 5 aromatic rings. The molecule has 3 aromatic heterocycles. The lowest BCUT2D eigenvalue weighted by molar-refractivity contribution is 0.0595. The van der Waals surface area contributed by atoms with Crippen LogP contribution in [-0.4, -0.2) is 27.6 Å². The van der Waals surface area contributed by atoms with Crippen LogP contribution in [0.1, 0.15) is 34.6 Å². The summed E-state index contributed by atoms with van der Waals surface area (Å²) in [7, 11) is 2.99. The van der Waals surface area contributed by atoms with Gasteiger partial charge in [0.05, 0.1) is 35.3 Å². The number of pyridine rings is 1. The zero-order valence-electron chi connectivity index (χ0n) is 20.1. The number of hydrogen-bond acceptors (Lipinski definition) is 7. The first-order valence-electron chi connectivity index (χ1n) is 11.3. The lowest BCUT2D eigenvalue weighted by atomic mass is 10.0. The van der Waals surface area contributed by atoms with Crippen molar-refractivity contribution >= 4 is 45.1 Å². The Kier molecular flexibility index (Phi) is 5.97. The van der Waals surface area contributed by atoms with Crippen LogP contribution in [-0.2, 0) is 11.8 Å². The van der Waals surface area contributed by atoms with E-state index in [2.05, 4.69) is 10.3 Å². The van der Waals surface area contributed by atoms with E-state index in [9.17, 15) is 9.59 Å². The second-order valence-corrected chi connectivity index (χ2v) is 8.97. The molecule has 0 spiro atoms.